The van der Waals surface area contributed by atoms with Crippen molar-refractivity contribution in [3.05, 3.63) is 36.4 Å². The summed E-state index contributed by atoms with van der Waals surface area (Å²) in [7, 11) is 0. The van der Waals surface area contributed by atoms with Gasteiger partial charge in [0.2, 0.25) is 5.88 Å². The molecule has 0 aliphatic carbocycles. The zero-order valence-corrected chi connectivity index (χ0v) is 14.5. The third kappa shape index (κ3) is 3.25. The van der Waals surface area contributed by atoms with Gasteiger partial charge in [0.25, 0.3) is 0 Å². The summed E-state index contributed by atoms with van der Waals surface area (Å²) in [6.45, 7) is 4.07. The summed E-state index contributed by atoms with van der Waals surface area (Å²) in [5, 5.41) is 26.3. The Morgan fingerprint density at radius 2 is 1.88 bits per heavy atom. The minimum absolute atomic E-state index is 0.00979. The van der Waals surface area contributed by atoms with E-state index in [0.29, 0.717) is 6.42 Å². The van der Waals surface area contributed by atoms with Crippen LogP contribution < -0.4 is 10.2 Å². The monoisotopic (exact) mass is 357 g/mol. The molecule has 2 aromatic rings. The summed E-state index contributed by atoms with van der Waals surface area (Å²) in [5.74, 6) is 0.116. The van der Waals surface area contributed by atoms with Crippen LogP contribution in [0.15, 0.2) is 36.4 Å². The molecule has 0 bridgehead atoms. The van der Waals surface area contributed by atoms with Crippen LogP contribution in [0.2, 0.25) is 0 Å². The van der Waals surface area contributed by atoms with Crippen LogP contribution in [-0.2, 0) is 4.79 Å². The fourth-order valence-corrected chi connectivity index (χ4v) is 3.84. The molecule has 2 fully saturated rings. The molecule has 2 aliphatic heterocycles. The van der Waals surface area contributed by atoms with Crippen molar-refractivity contribution in [3.8, 4) is 11.6 Å². The van der Waals surface area contributed by atoms with Crippen molar-refractivity contribution in [2.24, 2.45) is 0 Å². The molecule has 8 heteroatoms. The minimum Gasteiger partial charge on any atom is -0.492 e. The number of nitrogens with one attached hydrogen (secondary N) is 1. The first-order valence-electron chi connectivity index (χ1n) is 8.91. The van der Waals surface area contributed by atoms with E-state index in [1.165, 1.54) is 0 Å². The highest BCUT2D eigenvalue weighted by Gasteiger charge is 2.34. The maximum atomic E-state index is 11.1. The van der Waals surface area contributed by atoms with Gasteiger partial charge in [-0.25, -0.2) is 4.68 Å². The molecule has 8 nitrogen and oxygen atoms in total. The van der Waals surface area contributed by atoms with Crippen molar-refractivity contribution >= 4 is 11.8 Å². The average Bonchev–Trinajstić information content (AvgIpc) is 3.30. The first kappa shape index (κ1) is 16.9. The zero-order chi connectivity index (χ0) is 18.1. The molecule has 1 aromatic carbocycles. The summed E-state index contributed by atoms with van der Waals surface area (Å²) in [5.41, 5.74) is 0.912. The van der Waals surface area contributed by atoms with Crippen molar-refractivity contribution in [3.63, 3.8) is 0 Å². The maximum absolute atomic E-state index is 11.1. The molecule has 26 heavy (non-hydrogen) atoms. The molecule has 3 heterocycles. The van der Waals surface area contributed by atoms with Gasteiger partial charge < -0.3 is 20.4 Å². The molecule has 0 saturated carbocycles. The second-order valence-corrected chi connectivity index (χ2v) is 6.82. The number of carbonyl (C=O) groups is 1. The molecular weight excluding hydrogens is 334 g/mol. The quantitative estimate of drug-likeness (QED) is 0.734. The Kier molecular flexibility index (Phi) is 4.52. The van der Waals surface area contributed by atoms with E-state index >= 15 is 0 Å². The largest absolute Gasteiger partial charge is 0.492 e. The van der Waals surface area contributed by atoms with E-state index in [4.69, 9.17) is 5.11 Å². The number of carboxylic acid groups (broad SMARTS) is 1. The first-order valence-corrected chi connectivity index (χ1v) is 8.91. The number of carboxylic acids is 1. The summed E-state index contributed by atoms with van der Waals surface area (Å²) in [4.78, 5) is 15.7. The fraction of sp³-hybridized carbons (Fsp3) is 0.444. The van der Waals surface area contributed by atoms with Gasteiger partial charge in [-0.1, -0.05) is 18.2 Å². The first-order chi connectivity index (χ1) is 12.6. The number of rotatable bonds is 4. The molecule has 2 saturated heterocycles. The highest BCUT2D eigenvalue weighted by molar-refractivity contribution is 5.74. The Labute approximate surface area is 151 Å². The molecule has 0 radical (unpaired) electrons. The topological polar surface area (TPSA) is 93.9 Å². The number of aromatic hydroxyl groups is 1. The smallest absolute Gasteiger partial charge is 0.320 e. The van der Waals surface area contributed by atoms with E-state index in [9.17, 15) is 9.90 Å². The number of nitrogens with zero attached hydrogens (tertiary/aromatic N) is 4. The highest BCUT2D eigenvalue weighted by Crippen LogP contribution is 2.26. The lowest BCUT2D eigenvalue weighted by Gasteiger charge is -2.38. The summed E-state index contributed by atoms with van der Waals surface area (Å²) < 4.78 is 1.77. The van der Waals surface area contributed by atoms with Crippen molar-refractivity contribution in [1.29, 1.82) is 0 Å². The number of aromatic nitrogens is 2. The molecule has 0 spiro atoms. The van der Waals surface area contributed by atoms with Crippen molar-refractivity contribution in [2.75, 3.05) is 37.6 Å². The van der Waals surface area contributed by atoms with E-state index in [-0.39, 0.29) is 11.9 Å². The molecule has 2 aliphatic rings. The highest BCUT2D eigenvalue weighted by atomic mass is 16.4. The van der Waals surface area contributed by atoms with Crippen molar-refractivity contribution in [1.82, 2.24) is 20.0 Å². The Bertz CT molecular complexity index is 770. The van der Waals surface area contributed by atoms with Gasteiger partial charge >= 0.3 is 5.97 Å². The van der Waals surface area contributed by atoms with Crippen LogP contribution in [0.3, 0.4) is 0 Å². The third-order valence-electron chi connectivity index (χ3n) is 5.24. The van der Waals surface area contributed by atoms with Crippen LogP contribution in [0.4, 0.5) is 5.82 Å². The van der Waals surface area contributed by atoms with Gasteiger partial charge in [-0.15, -0.1) is 5.10 Å². The van der Waals surface area contributed by atoms with E-state index in [1.54, 1.807) is 10.7 Å². The summed E-state index contributed by atoms with van der Waals surface area (Å²) in [6, 6.07) is 11.3. The van der Waals surface area contributed by atoms with Crippen molar-refractivity contribution < 1.29 is 15.0 Å². The van der Waals surface area contributed by atoms with Crippen LogP contribution in [0.25, 0.3) is 5.69 Å². The number of piperazine rings is 1. The molecule has 0 unspecified atom stereocenters. The molecule has 3 N–H and O–H groups in total. The van der Waals surface area contributed by atoms with Gasteiger partial charge in [-0.05, 0) is 18.6 Å². The number of para-hydroxylation sites is 1. The lowest BCUT2D eigenvalue weighted by molar-refractivity contribution is -0.139. The predicted molar refractivity (Wildman–Crippen MR) is 96.8 cm³/mol. The van der Waals surface area contributed by atoms with Crippen LogP contribution in [0.1, 0.15) is 6.42 Å². The van der Waals surface area contributed by atoms with Crippen LogP contribution >= 0.6 is 0 Å². The lowest BCUT2D eigenvalue weighted by Crippen LogP contribution is -2.51. The minimum atomic E-state index is -0.770. The Balaban J connectivity index is 1.44. The lowest BCUT2D eigenvalue weighted by atomic mass is 10.1. The second kappa shape index (κ2) is 6.97. The molecule has 1 aromatic heterocycles. The van der Waals surface area contributed by atoms with Gasteiger partial charge in [-0.2, -0.15) is 0 Å². The number of anilines is 1. The van der Waals surface area contributed by atoms with Crippen LogP contribution in [0, 0.1) is 0 Å². The van der Waals surface area contributed by atoms with Crippen LogP contribution in [-0.4, -0.2) is 75.7 Å². The fourth-order valence-electron chi connectivity index (χ4n) is 3.84. The Morgan fingerprint density at radius 1 is 1.15 bits per heavy atom. The molecule has 2 atom stereocenters. The second-order valence-electron chi connectivity index (χ2n) is 6.82. The van der Waals surface area contributed by atoms with Crippen LogP contribution in [0.5, 0.6) is 5.88 Å². The van der Waals surface area contributed by atoms with Gasteiger partial charge in [-0.3, -0.25) is 9.69 Å². The Morgan fingerprint density at radius 3 is 2.54 bits per heavy atom. The average molecular weight is 357 g/mol. The van der Waals surface area contributed by atoms with E-state index in [0.717, 1.165) is 44.2 Å². The van der Waals surface area contributed by atoms with Gasteiger partial charge in [0.1, 0.15) is 11.9 Å². The standard InChI is InChI=1S/C18H23N5O3/c24-16-11-17(23(20-16)13-4-2-1-3-5-13)22-8-6-21(7-9-22)14-10-15(18(25)26)19-12-14/h1-5,11,14-15,19H,6-10,12H2,(H,20,24)(H,25,26)/t14-,15-/m0/s1. The number of aliphatic carboxylic acids is 1. The van der Waals surface area contributed by atoms with E-state index in [1.807, 2.05) is 30.3 Å². The van der Waals surface area contributed by atoms with E-state index in [2.05, 4.69) is 20.2 Å². The zero-order valence-electron chi connectivity index (χ0n) is 14.5. The maximum Gasteiger partial charge on any atom is 0.320 e. The van der Waals surface area contributed by atoms with Gasteiger partial charge in [0, 0.05) is 44.8 Å². The molecule has 138 valence electrons. The number of benzene rings is 1. The predicted octanol–water partition coefficient (Wildman–Crippen LogP) is 0.515. The summed E-state index contributed by atoms with van der Waals surface area (Å²) in [6.07, 6.45) is 0.651. The van der Waals surface area contributed by atoms with E-state index < -0.39 is 12.0 Å². The van der Waals surface area contributed by atoms with Gasteiger partial charge in [0.15, 0.2) is 0 Å². The SMILES string of the molecule is O=C(O)[C@@H]1C[C@H](N2CCN(c3cc(O)nn3-c3ccccc3)CC2)CN1. The third-order valence-corrected chi connectivity index (χ3v) is 5.24. The normalized spacial score (nSPS) is 24.1. The number of hydrogen-bond acceptors (Lipinski definition) is 6. The molecular formula is C18H23N5O3. The summed E-state index contributed by atoms with van der Waals surface area (Å²) >= 11 is 0. The Hall–Kier alpha value is -2.58. The number of hydrogen-bond donors (Lipinski definition) is 3. The molecule has 4 rings (SSSR count). The van der Waals surface area contributed by atoms with Gasteiger partial charge in [0.05, 0.1) is 5.69 Å². The molecule has 0 amide bonds. The van der Waals surface area contributed by atoms with Crippen molar-refractivity contribution in [2.45, 2.75) is 18.5 Å².